The number of hydrogen-bond acceptors (Lipinski definition) is 5. The van der Waals surface area contributed by atoms with Crippen molar-refractivity contribution in [3.05, 3.63) is 78.0 Å². The largest absolute Gasteiger partial charge is 0.452 e. The number of esters is 1. The zero-order valence-electron chi connectivity index (χ0n) is 17.0. The fourth-order valence-corrected chi connectivity index (χ4v) is 3.19. The first-order chi connectivity index (χ1) is 15.5. The van der Waals surface area contributed by atoms with Crippen LogP contribution in [0, 0.1) is 11.6 Å². The number of aryl methyl sites for hydroxylation is 1. The summed E-state index contributed by atoms with van der Waals surface area (Å²) in [5.74, 6) is -3.08. The lowest BCUT2D eigenvalue weighted by Gasteiger charge is -2.10. The van der Waals surface area contributed by atoms with Gasteiger partial charge in [0.2, 0.25) is 0 Å². The van der Waals surface area contributed by atoms with Crippen molar-refractivity contribution in [3.63, 3.8) is 0 Å². The van der Waals surface area contributed by atoms with Crippen molar-refractivity contribution in [2.24, 2.45) is 0 Å². The van der Waals surface area contributed by atoms with Crippen LogP contribution in [0.2, 0.25) is 0 Å². The highest BCUT2D eigenvalue weighted by molar-refractivity contribution is 6.04. The van der Waals surface area contributed by atoms with Gasteiger partial charge in [0.25, 0.3) is 5.91 Å². The van der Waals surface area contributed by atoms with Crippen LogP contribution in [-0.4, -0.2) is 33.2 Å². The number of amides is 1. The lowest BCUT2D eigenvalue weighted by atomic mass is 10.1. The van der Waals surface area contributed by atoms with Gasteiger partial charge in [0, 0.05) is 18.2 Å². The summed E-state index contributed by atoms with van der Waals surface area (Å²) in [4.78, 5) is 29.5. The molecule has 4 rings (SSSR count). The summed E-state index contributed by atoms with van der Waals surface area (Å²) < 4.78 is 33.8. The number of nitrogens with one attached hydrogen (secondary N) is 1. The minimum absolute atomic E-state index is 0.193. The van der Waals surface area contributed by atoms with E-state index in [1.165, 1.54) is 6.20 Å². The van der Waals surface area contributed by atoms with Gasteiger partial charge in [-0.2, -0.15) is 5.10 Å². The molecule has 2 aromatic carbocycles. The minimum atomic E-state index is -0.805. The highest BCUT2D eigenvalue weighted by Gasteiger charge is 2.19. The van der Waals surface area contributed by atoms with Crippen LogP contribution in [0.15, 0.2) is 60.8 Å². The van der Waals surface area contributed by atoms with Gasteiger partial charge in [-0.15, -0.1) is 0 Å². The van der Waals surface area contributed by atoms with E-state index in [4.69, 9.17) is 4.74 Å². The third kappa shape index (κ3) is 4.31. The summed E-state index contributed by atoms with van der Waals surface area (Å²) in [7, 11) is 0. The molecule has 0 radical (unpaired) electrons. The molecule has 0 aliphatic rings. The first-order valence-electron chi connectivity index (χ1n) is 9.80. The fraction of sp³-hybridized carbons (Fsp3) is 0.130. The molecule has 1 amide bonds. The molecule has 7 nitrogen and oxygen atoms in total. The SMILES string of the molecule is CCn1ncc2c(C(=O)OCC(=O)Nc3cc(F)ccc3F)cc(-c3ccccc3)nc21. The Kier molecular flexibility index (Phi) is 5.89. The van der Waals surface area contributed by atoms with Gasteiger partial charge in [-0.3, -0.25) is 4.79 Å². The standard InChI is InChI=1S/C23H18F2N4O3/c1-2-29-22-17(12-26-29)16(11-19(28-22)14-6-4-3-5-7-14)23(31)32-13-21(30)27-20-10-15(24)8-9-18(20)25/h3-12H,2,13H2,1H3,(H,27,30). The average molecular weight is 436 g/mol. The van der Waals surface area contributed by atoms with Gasteiger partial charge >= 0.3 is 5.97 Å². The highest BCUT2D eigenvalue weighted by atomic mass is 19.1. The fourth-order valence-electron chi connectivity index (χ4n) is 3.19. The molecule has 0 saturated carbocycles. The zero-order valence-corrected chi connectivity index (χ0v) is 17.0. The van der Waals surface area contributed by atoms with Crippen molar-refractivity contribution >= 4 is 28.6 Å². The zero-order chi connectivity index (χ0) is 22.7. The van der Waals surface area contributed by atoms with Crippen molar-refractivity contribution < 1.29 is 23.1 Å². The van der Waals surface area contributed by atoms with Gasteiger partial charge < -0.3 is 10.1 Å². The van der Waals surface area contributed by atoms with Crippen LogP contribution in [0.3, 0.4) is 0 Å². The van der Waals surface area contributed by atoms with Gasteiger partial charge in [0.1, 0.15) is 11.6 Å². The number of fused-ring (bicyclic) bond motifs is 1. The van der Waals surface area contributed by atoms with Crippen LogP contribution >= 0.6 is 0 Å². The van der Waals surface area contributed by atoms with Crippen LogP contribution in [0.5, 0.6) is 0 Å². The second-order valence-corrected chi connectivity index (χ2v) is 6.87. The second kappa shape index (κ2) is 8.93. The molecule has 4 aromatic rings. The molecule has 2 heterocycles. The maximum absolute atomic E-state index is 13.7. The maximum atomic E-state index is 13.7. The van der Waals surface area contributed by atoms with Crippen molar-refractivity contribution in [1.29, 1.82) is 0 Å². The van der Waals surface area contributed by atoms with E-state index in [2.05, 4.69) is 15.4 Å². The first-order valence-corrected chi connectivity index (χ1v) is 9.80. The summed E-state index contributed by atoms with van der Waals surface area (Å²) >= 11 is 0. The number of pyridine rings is 1. The average Bonchev–Trinajstić information content (AvgIpc) is 3.23. The number of hydrogen-bond donors (Lipinski definition) is 1. The molecule has 0 bridgehead atoms. The van der Waals surface area contributed by atoms with E-state index in [9.17, 15) is 18.4 Å². The molecule has 2 aromatic heterocycles. The lowest BCUT2D eigenvalue weighted by Crippen LogP contribution is -2.21. The van der Waals surface area contributed by atoms with Crippen molar-refractivity contribution in [2.75, 3.05) is 11.9 Å². The Hall–Kier alpha value is -4.14. The molecule has 1 N–H and O–H groups in total. The molecular formula is C23H18F2N4O3. The van der Waals surface area contributed by atoms with Gasteiger partial charge in [0.15, 0.2) is 12.3 Å². The predicted molar refractivity (Wildman–Crippen MR) is 114 cm³/mol. The van der Waals surface area contributed by atoms with Crippen molar-refractivity contribution in [3.8, 4) is 11.3 Å². The van der Waals surface area contributed by atoms with Gasteiger partial charge in [-0.1, -0.05) is 30.3 Å². The summed E-state index contributed by atoms with van der Waals surface area (Å²) in [5, 5.41) is 6.92. The molecule has 0 aliphatic heterocycles. The van der Waals surface area contributed by atoms with E-state index in [1.54, 1.807) is 10.7 Å². The molecule has 162 valence electrons. The topological polar surface area (TPSA) is 86.1 Å². The molecule has 0 spiro atoms. The first kappa shape index (κ1) is 21.1. The molecule has 0 aliphatic carbocycles. The summed E-state index contributed by atoms with van der Waals surface area (Å²) in [6.07, 6.45) is 1.51. The monoisotopic (exact) mass is 436 g/mol. The Labute approximate surface area is 181 Å². The molecule has 9 heteroatoms. The number of ether oxygens (including phenoxy) is 1. The Morgan fingerprint density at radius 1 is 1.09 bits per heavy atom. The number of aromatic nitrogens is 3. The van der Waals surface area contributed by atoms with Crippen LogP contribution in [0.25, 0.3) is 22.3 Å². The number of carbonyl (C=O) groups excluding carboxylic acids is 2. The summed E-state index contributed by atoms with van der Waals surface area (Å²) in [5.41, 5.74) is 1.71. The van der Waals surface area contributed by atoms with Crippen LogP contribution in [0.1, 0.15) is 17.3 Å². The minimum Gasteiger partial charge on any atom is -0.452 e. The second-order valence-electron chi connectivity index (χ2n) is 6.87. The van der Waals surface area contributed by atoms with Gasteiger partial charge in [-0.05, 0) is 25.1 Å². The lowest BCUT2D eigenvalue weighted by molar-refractivity contribution is -0.119. The number of carbonyl (C=O) groups is 2. The Balaban J connectivity index is 1.58. The van der Waals surface area contributed by atoms with E-state index < -0.39 is 30.1 Å². The van der Waals surface area contributed by atoms with Gasteiger partial charge in [-0.25, -0.2) is 23.2 Å². The number of anilines is 1. The smallest absolute Gasteiger partial charge is 0.339 e. The number of halogens is 2. The van der Waals surface area contributed by atoms with Crippen LogP contribution < -0.4 is 5.32 Å². The summed E-state index contributed by atoms with van der Waals surface area (Å²) in [6, 6.07) is 13.5. The predicted octanol–water partition coefficient (Wildman–Crippen LogP) is 4.19. The van der Waals surface area contributed by atoms with Gasteiger partial charge in [0.05, 0.1) is 28.5 Å². The number of benzene rings is 2. The molecule has 0 fully saturated rings. The van der Waals surface area contributed by atoms with E-state index in [0.29, 0.717) is 23.3 Å². The van der Waals surface area contributed by atoms with E-state index in [-0.39, 0.29) is 11.3 Å². The third-order valence-electron chi connectivity index (χ3n) is 4.74. The van der Waals surface area contributed by atoms with Crippen LogP contribution in [-0.2, 0) is 16.1 Å². The number of rotatable bonds is 6. The van der Waals surface area contributed by atoms with E-state index in [1.807, 2.05) is 37.3 Å². The Morgan fingerprint density at radius 2 is 1.88 bits per heavy atom. The van der Waals surface area contributed by atoms with Crippen molar-refractivity contribution in [1.82, 2.24) is 14.8 Å². The maximum Gasteiger partial charge on any atom is 0.339 e. The molecular weight excluding hydrogens is 418 g/mol. The third-order valence-corrected chi connectivity index (χ3v) is 4.74. The highest BCUT2D eigenvalue weighted by Crippen LogP contribution is 2.25. The number of nitrogens with zero attached hydrogens (tertiary/aromatic N) is 3. The molecule has 32 heavy (non-hydrogen) atoms. The quantitative estimate of drug-likeness (QED) is 0.458. The van der Waals surface area contributed by atoms with E-state index in [0.717, 1.165) is 23.8 Å². The molecule has 0 saturated heterocycles. The Morgan fingerprint density at radius 3 is 2.62 bits per heavy atom. The Bertz CT molecular complexity index is 1310. The van der Waals surface area contributed by atoms with Crippen LogP contribution in [0.4, 0.5) is 14.5 Å². The normalized spacial score (nSPS) is 10.8. The molecule has 0 atom stereocenters. The van der Waals surface area contributed by atoms with E-state index >= 15 is 0 Å². The summed E-state index contributed by atoms with van der Waals surface area (Å²) in [6.45, 7) is 1.77. The molecule has 0 unspecified atom stereocenters. The van der Waals surface area contributed by atoms with Crippen molar-refractivity contribution in [2.45, 2.75) is 13.5 Å².